The van der Waals surface area contributed by atoms with Crippen LogP contribution in [0.1, 0.15) is 41.1 Å². The molecule has 0 aliphatic rings. The van der Waals surface area contributed by atoms with Gasteiger partial charge in [-0.15, -0.1) is 0 Å². The molecule has 0 fully saturated rings. The lowest BCUT2D eigenvalue weighted by molar-refractivity contribution is -0.136. The zero-order valence-corrected chi connectivity index (χ0v) is 14.7. The minimum absolute atomic E-state index is 0.162. The zero-order valence-electron chi connectivity index (χ0n) is 13.1. The van der Waals surface area contributed by atoms with Crippen LogP contribution in [0.5, 0.6) is 0 Å². The highest BCUT2D eigenvalue weighted by Crippen LogP contribution is 2.29. The fourth-order valence-corrected chi connectivity index (χ4v) is 3.23. The molecule has 0 aliphatic heterocycles. The Morgan fingerprint density at radius 1 is 1.30 bits per heavy atom. The van der Waals surface area contributed by atoms with E-state index in [0.29, 0.717) is 5.56 Å². The number of carbonyl (C=O) groups is 2. The van der Waals surface area contributed by atoms with Gasteiger partial charge in [0.25, 0.3) is 5.91 Å². The molecule has 2 rings (SSSR count). The Morgan fingerprint density at radius 3 is 2.57 bits per heavy atom. The summed E-state index contributed by atoms with van der Waals surface area (Å²) in [7, 11) is 0. The molecule has 0 atom stereocenters. The quantitative estimate of drug-likeness (QED) is 0.830. The van der Waals surface area contributed by atoms with Crippen molar-refractivity contribution in [1.82, 2.24) is 5.32 Å². The van der Waals surface area contributed by atoms with Gasteiger partial charge in [0.2, 0.25) is 0 Å². The Hall–Kier alpha value is -2.08. The summed E-state index contributed by atoms with van der Waals surface area (Å²) in [6.45, 7) is 5.49. The van der Waals surface area contributed by atoms with E-state index in [1.54, 1.807) is 6.92 Å². The first-order valence-corrected chi connectivity index (χ1v) is 7.88. The molecule has 0 spiro atoms. The molecule has 0 radical (unpaired) electrons. The minimum Gasteiger partial charge on any atom is -0.481 e. The van der Waals surface area contributed by atoms with Crippen molar-refractivity contribution in [3.05, 3.63) is 57.5 Å². The van der Waals surface area contributed by atoms with Gasteiger partial charge in [-0.25, -0.2) is 0 Å². The van der Waals surface area contributed by atoms with Crippen LogP contribution in [-0.4, -0.2) is 17.0 Å². The lowest BCUT2D eigenvalue weighted by Gasteiger charge is -2.28. The van der Waals surface area contributed by atoms with Crippen LogP contribution in [-0.2, 0) is 16.8 Å². The van der Waals surface area contributed by atoms with Gasteiger partial charge in [-0.1, -0.05) is 34.1 Å². The first-order chi connectivity index (χ1) is 10.7. The molecule has 1 aromatic carbocycles. The molecule has 1 heterocycles. The fourth-order valence-electron chi connectivity index (χ4n) is 2.45. The lowest BCUT2D eigenvalue weighted by Crippen LogP contribution is -2.41. The molecule has 2 N–H and O–H groups in total. The van der Waals surface area contributed by atoms with Crippen molar-refractivity contribution in [1.29, 1.82) is 0 Å². The molecule has 0 bridgehead atoms. The van der Waals surface area contributed by atoms with Gasteiger partial charge in [-0.05, 0) is 32.4 Å². The zero-order chi connectivity index (χ0) is 17.2. The molecule has 1 amide bonds. The average molecular weight is 380 g/mol. The number of hydrogen-bond donors (Lipinski definition) is 2. The van der Waals surface area contributed by atoms with E-state index in [1.165, 1.54) is 6.26 Å². The maximum atomic E-state index is 12.6. The Labute approximate surface area is 142 Å². The summed E-state index contributed by atoms with van der Waals surface area (Å²) in [4.78, 5) is 23.6. The number of carboxylic acid groups (broad SMARTS) is 1. The van der Waals surface area contributed by atoms with Crippen molar-refractivity contribution < 1.29 is 19.1 Å². The minimum atomic E-state index is -1.04. The first kappa shape index (κ1) is 17.3. The SMILES string of the molecule is Cc1coc(CC(=O)O)c1C(=O)NC(C)(C)c1ccccc1Br. The van der Waals surface area contributed by atoms with E-state index in [2.05, 4.69) is 21.2 Å². The number of aliphatic carboxylic acids is 1. The third-order valence-electron chi connectivity index (χ3n) is 3.56. The molecule has 0 saturated carbocycles. The van der Waals surface area contributed by atoms with Crippen molar-refractivity contribution in [3.8, 4) is 0 Å². The topological polar surface area (TPSA) is 79.5 Å². The third-order valence-corrected chi connectivity index (χ3v) is 4.25. The van der Waals surface area contributed by atoms with Crippen LogP contribution in [0.15, 0.2) is 39.4 Å². The second-order valence-electron chi connectivity index (χ2n) is 5.85. The summed E-state index contributed by atoms with van der Waals surface area (Å²) in [5.74, 6) is -1.23. The maximum absolute atomic E-state index is 12.6. The number of halogens is 1. The molecular weight excluding hydrogens is 362 g/mol. The van der Waals surface area contributed by atoms with Crippen LogP contribution in [0, 0.1) is 6.92 Å². The van der Waals surface area contributed by atoms with E-state index in [4.69, 9.17) is 9.52 Å². The number of nitrogens with one attached hydrogen (secondary N) is 1. The third kappa shape index (κ3) is 3.82. The maximum Gasteiger partial charge on any atom is 0.311 e. The summed E-state index contributed by atoms with van der Waals surface area (Å²) in [6, 6.07) is 7.62. The molecule has 23 heavy (non-hydrogen) atoms. The molecule has 1 aromatic heterocycles. The highest BCUT2D eigenvalue weighted by atomic mass is 79.9. The van der Waals surface area contributed by atoms with Crippen molar-refractivity contribution in [2.24, 2.45) is 0 Å². The van der Waals surface area contributed by atoms with Gasteiger partial charge in [-0.2, -0.15) is 0 Å². The van der Waals surface area contributed by atoms with Crippen molar-refractivity contribution in [3.63, 3.8) is 0 Å². The monoisotopic (exact) mass is 379 g/mol. The predicted octanol–water partition coefficient (Wildman–Crippen LogP) is 3.64. The Morgan fingerprint density at radius 2 is 1.96 bits per heavy atom. The molecule has 6 heteroatoms. The molecule has 5 nitrogen and oxygen atoms in total. The number of hydrogen-bond acceptors (Lipinski definition) is 3. The van der Waals surface area contributed by atoms with E-state index in [0.717, 1.165) is 10.0 Å². The lowest BCUT2D eigenvalue weighted by atomic mass is 9.93. The summed E-state index contributed by atoms with van der Waals surface area (Å²) in [6.07, 6.45) is 1.07. The number of rotatable bonds is 5. The summed E-state index contributed by atoms with van der Waals surface area (Å²) >= 11 is 3.48. The van der Waals surface area contributed by atoms with Gasteiger partial charge in [0.1, 0.15) is 12.2 Å². The smallest absolute Gasteiger partial charge is 0.311 e. The molecule has 2 aromatic rings. The molecular formula is C17H18BrNO4. The molecule has 122 valence electrons. The highest BCUT2D eigenvalue weighted by molar-refractivity contribution is 9.10. The van der Waals surface area contributed by atoms with Crippen LogP contribution in [0.4, 0.5) is 0 Å². The van der Waals surface area contributed by atoms with Gasteiger partial charge in [0.05, 0.1) is 17.4 Å². The summed E-state index contributed by atoms with van der Waals surface area (Å²) < 4.78 is 6.11. The molecule has 0 aliphatic carbocycles. The molecule has 0 saturated heterocycles. The molecule has 0 unspecified atom stereocenters. The normalized spacial score (nSPS) is 11.3. The second kappa shape index (κ2) is 6.58. The predicted molar refractivity (Wildman–Crippen MR) is 89.4 cm³/mol. The van der Waals surface area contributed by atoms with Crippen LogP contribution < -0.4 is 5.32 Å². The van der Waals surface area contributed by atoms with Gasteiger partial charge < -0.3 is 14.8 Å². The Bertz CT molecular complexity index is 749. The number of amides is 1. The van der Waals surface area contributed by atoms with E-state index < -0.39 is 11.5 Å². The van der Waals surface area contributed by atoms with E-state index >= 15 is 0 Å². The van der Waals surface area contributed by atoms with Gasteiger partial charge >= 0.3 is 5.97 Å². The summed E-state index contributed by atoms with van der Waals surface area (Å²) in [5, 5.41) is 11.9. The number of aryl methyl sites for hydroxylation is 1. The number of benzene rings is 1. The standard InChI is InChI=1S/C17H18BrNO4/c1-10-9-23-13(8-14(20)21)15(10)16(22)19-17(2,3)11-6-4-5-7-12(11)18/h4-7,9H,8H2,1-3H3,(H,19,22)(H,20,21). The highest BCUT2D eigenvalue weighted by Gasteiger charge is 2.28. The van der Waals surface area contributed by atoms with E-state index in [1.807, 2.05) is 38.1 Å². The summed E-state index contributed by atoms with van der Waals surface area (Å²) in [5.41, 5.74) is 1.19. The van der Waals surface area contributed by atoms with Crippen LogP contribution in [0.25, 0.3) is 0 Å². The van der Waals surface area contributed by atoms with Crippen molar-refractivity contribution in [2.45, 2.75) is 32.7 Å². The van der Waals surface area contributed by atoms with Crippen LogP contribution in [0.2, 0.25) is 0 Å². The fraction of sp³-hybridized carbons (Fsp3) is 0.294. The van der Waals surface area contributed by atoms with E-state index in [9.17, 15) is 9.59 Å². The van der Waals surface area contributed by atoms with Crippen LogP contribution in [0.3, 0.4) is 0 Å². The number of carboxylic acids is 1. The second-order valence-corrected chi connectivity index (χ2v) is 6.70. The first-order valence-electron chi connectivity index (χ1n) is 7.08. The van der Waals surface area contributed by atoms with Gasteiger partial charge in [0.15, 0.2) is 0 Å². The van der Waals surface area contributed by atoms with Crippen LogP contribution >= 0.6 is 15.9 Å². The largest absolute Gasteiger partial charge is 0.481 e. The van der Waals surface area contributed by atoms with Crippen molar-refractivity contribution >= 4 is 27.8 Å². The number of furan rings is 1. The Kier molecular flexibility index (Phi) is 4.94. The number of carbonyl (C=O) groups excluding carboxylic acids is 1. The van der Waals surface area contributed by atoms with Crippen molar-refractivity contribution in [2.75, 3.05) is 0 Å². The van der Waals surface area contributed by atoms with E-state index in [-0.39, 0.29) is 23.7 Å². The van der Waals surface area contributed by atoms with Gasteiger partial charge in [-0.3, -0.25) is 9.59 Å². The average Bonchev–Trinajstić information content (AvgIpc) is 2.78. The Balaban J connectivity index is 2.30. The van der Waals surface area contributed by atoms with Gasteiger partial charge in [0, 0.05) is 10.0 Å².